The first kappa shape index (κ1) is 15.3. The third kappa shape index (κ3) is 2.26. The van der Waals surface area contributed by atoms with E-state index in [1.165, 1.54) is 6.07 Å². The lowest BCUT2D eigenvalue weighted by Gasteiger charge is -2.10. The van der Waals surface area contributed by atoms with E-state index in [9.17, 15) is 4.79 Å². The summed E-state index contributed by atoms with van der Waals surface area (Å²) in [5.74, 6) is 1.71. The Morgan fingerprint density at radius 1 is 0.880 bits per heavy atom. The zero-order valence-electron chi connectivity index (χ0n) is 14.0. The summed E-state index contributed by atoms with van der Waals surface area (Å²) in [5.41, 5.74) is 4.65. The van der Waals surface area contributed by atoms with Gasteiger partial charge in [-0.25, -0.2) is 4.79 Å². The highest BCUT2D eigenvalue weighted by molar-refractivity contribution is 6.03. The van der Waals surface area contributed by atoms with E-state index in [4.69, 9.17) is 13.9 Å². The number of ether oxygens (including phenoxy) is 2. The Bertz CT molecular complexity index is 1050. The Hall–Kier alpha value is -3.27. The van der Waals surface area contributed by atoms with Gasteiger partial charge in [-0.1, -0.05) is 36.9 Å². The van der Waals surface area contributed by atoms with Gasteiger partial charge >= 0.3 is 5.63 Å². The second-order valence-corrected chi connectivity index (χ2v) is 5.78. The predicted molar refractivity (Wildman–Crippen MR) is 97.1 cm³/mol. The summed E-state index contributed by atoms with van der Waals surface area (Å²) in [5, 5.41) is 0. The first-order valence-corrected chi connectivity index (χ1v) is 7.83. The fourth-order valence-electron chi connectivity index (χ4n) is 3.28. The maximum atomic E-state index is 12.2. The number of fused-ring (bicyclic) bond motifs is 3. The van der Waals surface area contributed by atoms with E-state index in [1.807, 2.05) is 42.5 Å². The molecule has 0 saturated heterocycles. The minimum absolute atomic E-state index is 0.395. The Balaban J connectivity index is 2.03. The van der Waals surface area contributed by atoms with Crippen LogP contribution < -0.4 is 15.1 Å². The molecule has 0 N–H and O–H groups in total. The van der Waals surface area contributed by atoms with Crippen LogP contribution in [-0.4, -0.2) is 14.2 Å². The highest BCUT2D eigenvalue weighted by atomic mass is 16.5. The smallest absolute Gasteiger partial charge is 0.336 e. The molecule has 25 heavy (non-hydrogen) atoms. The Kier molecular flexibility index (Phi) is 3.46. The molecule has 0 spiro atoms. The Morgan fingerprint density at radius 2 is 1.52 bits per heavy atom. The van der Waals surface area contributed by atoms with Gasteiger partial charge < -0.3 is 13.9 Å². The number of benzene rings is 2. The summed E-state index contributed by atoms with van der Waals surface area (Å²) in [7, 11) is 3.16. The molecule has 4 heteroatoms. The highest BCUT2D eigenvalue weighted by Gasteiger charge is 2.30. The molecule has 0 fully saturated rings. The van der Waals surface area contributed by atoms with Crippen molar-refractivity contribution in [2.75, 3.05) is 14.2 Å². The molecule has 0 aliphatic heterocycles. The lowest BCUT2D eigenvalue weighted by Crippen LogP contribution is -2.00. The van der Waals surface area contributed by atoms with Crippen LogP contribution in [0.15, 0.2) is 64.3 Å². The standard InChI is InChI=1S/C21H16O4/c1-12-14-9-17(23-2)18(24-3)10-16(14)21-20(12)15(11-19(22)25-21)13-7-5-4-6-8-13/h4-11H,1H2,2-3H3. The summed E-state index contributed by atoms with van der Waals surface area (Å²) in [6.45, 7) is 4.23. The van der Waals surface area contributed by atoms with E-state index in [-0.39, 0.29) is 0 Å². The third-order valence-electron chi connectivity index (χ3n) is 4.44. The van der Waals surface area contributed by atoms with Gasteiger partial charge in [-0.2, -0.15) is 0 Å². The van der Waals surface area contributed by atoms with Crippen LogP contribution in [0.1, 0.15) is 11.1 Å². The maximum Gasteiger partial charge on any atom is 0.336 e. The van der Waals surface area contributed by atoms with E-state index >= 15 is 0 Å². The molecule has 0 atom stereocenters. The van der Waals surface area contributed by atoms with Crippen molar-refractivity contribution in [3.8, 4) is 33.9 Å². The van der Waals surface area contributed by atoms with Crippen LogP contribution in [0.25, 0.3) is 28.0 Å². The Labute approximate surface area is 145 Å². The van der Waals surface area contributed by atoms with Crippen molar-refractivity contribution in [3.05, 3.63) is 76.7 Å². The third-order valence-corrected chi connectivity index (χ3v) is 4.44. The average Bonchev–Trinajstić information content (AvgIpc) is 2.92. The van der Waals surface area contributed by atoms with Crippen molar-refractivity contribution >= 4 is 5.57 Å². The Morgan fingerprint density at radius 3 is 2.16 bits per heavy atom. The first-order chi connectivity index (χ1) is 12.1. The summed E-state index contributed by atoms with van der Waals surface area (Å²) in [6.07, 6.45) is 0. The van der Waals surface area contributed by atoms with Gasteiger partial charge in [0.2, 0.25) is 0 Å². The number of hydrogen-bond donors (Lipinski definition) is 0. The molecule has 0 radical (unpaired) electrons. The summed E-state index contributed by atoms with van der Waals surface area (Å²) in [4.78, 5) is 12.2. The van der Waals surface area contributed by atoms with Crippen LogP contribution >= 0.6 is 0 Å². The fourth-order valence-corrected chi connectivity index (χ4v) is 3.28. The highest BCUT2D eigenvalue weighted by Crippen LogP contribution is 2.50. The van der Waals surface area contributed by atoms with Crippen molar-refractivity contribution in [2.24, 2.45) is 0 Å². The minimum atomic E-state index is -0.395. The van der Waals surface area contributed by atoms with Gasteiger partial charge in [0.25, 0.3) is 0 Å². The molecule has 0 bridgehead atoms. The molecular weight excluding hydrogens is 316 g/mol. The molecule has 4 nitrogen and oxygen atoms in total. The fraction of sp³-hybridized carbons (Fsp3) is 0.0952. The predicted octanol–water partition coefficient (Wildman–Crippen LogP) is 4.37. The largest absolute Gasteiger partial charge is 0.493 e. The van der Waals surface area contributed by atoms with Gasteiger partial charge in [0.1, 0.15) is 5.76 Å². The molecule has 4 rings (SSSR count). The van der Waals surface area contributed by atoms with Gasteiger partial charge in [0, 0.05) is 22.8 Å². The van der Waals surface area contributed by atoms with Gasteiger partial charge in [0.05, 0.1) is 14.2 Å². The van der Waals surface area contributed by atoms with Crippen LogP contribution in [0.4, 0.5) is 0 Å². The zero-order valence-corrected chi connectivity index (χ0v) is 14.0. The topological polar surface area (TPSA) is 48.7 Å². The van der Waals surface area contributed by atoms with Gasteiger partial charge in [-0.3, -0.25) is 0 Å². The van der Waals surface area contributed by atoms with E-state index < -0.39 is 5.63 Å². The van der Waals surface area contributed by atoms with E-state index in [0.29, 0.717) is 17.3 Å². The molecule has 1 aliphatic rings. The van der Waals surface area contributed by atoms with E-state index in [2.05, 4.69) is 6.58 Å². The van der Waals surface area contributed by atoms with E-state index in [0.717, 1.165) is 33.4 Å². The molecular formula is C21H16O4. The molecule has 0 saturated carbocycles. The molecule has 124 valence electrons. The summed E-state index contributed by atoms with van der Waals surface area (Å²) in [6, 6.07) is 14.9. The van der Waals surface area contributed by atoms with Gasteiger partial charge in [-0.15, -0.1) is 0 Å². The second-order valence-electron chi connectivity index (χ2n) is 5.78. The SMILES string of the molecule is C=C1c2cc(OC)c(OC)cc2-c2oc(=O)cc(-c3ccccc3)c21. The second kappa shape index (κ2) is 5.67. The van der Waals surface area contributed by atoms with Crippen LogP contribution in [0.3, 0.4) is 0 Å². The van der Waals surface area contributed by atoms with Crippen LogP contribution in [0.5, 0.6) is 11.5 Å². The molecule has 3 aromatic rings. The lowest BCUT2D eigenvalue weighted by molar-refractivity contribution is 0.355. The van der Waals surface area contributed by atoms with Crippen LogP contribution in [-0.2, 0) is 0 Å². The van der Waals surface area contributed by atoms with Crippen LogP contribution in [0, 0.1) is 0 Å². The molecule has 1 aromatic heterocycles. The molecule has 1 heterocycles. The normalized spacial score (nSPS) is 11.8. The lowest BCUT2D eigenvalue weighted by atomic mass is 9.97. The average molecular weight is 332 g/mol. The monoisotopic (exact) mass is 332 g/mol. The van der Waals surface area contributed by atoms with E-state index in [1.54, 1.807) is 14.2 Å². The number of hydrogen-bond acceptors (Lipinski definition) is 4. The molecule has 1 aliphatic carbocycles. The zero-order chi connectivity index (χ0) is 17.6. The summed E-state index contributed by atoms with van der Waals surface area (Å²) < 4.78 is 16.3. The maximum absolute atomic E-state index is 12.2. The first-order valence-electron chi connectivity index (χ1n) is 7.83. The number of rotatable bonds is 3. The van der Waals surface area contributed by atoms with Crippen molar-refractivity contribution in [3.63, 3.8) is 0 Å². The quantitative estimate of drug-likeness (QED) is 0.559. The number of methoxy groups -OCH3 is 2. The van der Waals surface area contributed by atoms with Crippen LogP contribution in [0.2, 0.25) is 0 Å². The van der Waals surface area contributed by atoms with Crippen molar-refractivity contribution in [2.45, 2.75) is 0 Å². The van der Waals surface area contributed by atoms with Gasteiger partial charge in [0.15, 0.2) is 11.5 Å². The van der Waals surface area contributed by atoms with Crippen molar-refractivity contribution in [1.82, 2.24) is 0 Å². The minimum Gasteiger partial charge on any atom is -0.493 e. The molecule has 0 unspecified atom stereocenters. The molecule has 2 aromatic carbocycles. The van der Waals surface area contributed by atoms with Gasteiger partial charge in [-0.05, 0) is 28.8 Å². The molecule has 0 amide bonds. The van der Waals surface area contributed by atoms with Crippen molar-refractivity contribution in [1.29, 1.82) is 0 Å². The van der Waals surface area contributed by atoms with Crippen molar-refractivity contribution < 1.29 is 13.9 Å². The summed E-state index contributed by atoms with van der Waals surface area (Å²) >= 11 is 0.